The second-order valence-electron chi connectivity index (χ2n) is 4.84. The molecule has 1 heterocycles. The number of hydrogen-bond acceptors (Lipinski definition) is 3. The van der Waals surface area contributed by atoms with Gasteiger partial charge in [-0.15, -0.1) is 0 Å². The van der Waals surface area contributed by atoms with E-state index in [1.54, 1.807) is 0 Å². The summed E-state index contributed by atoms with van der Waals surface area (Å²) < 4.78 is 29.6. The average molecular weight is 297 g/mol. The third-order valence-electron chi connectivity index (χ3n) is 3.52. The Morgan fingerprint density at radius 2 is 2.13 bits per heavy atom. The maximum absolute atomic E-state index is 12.2. The summed E-state index contributed by atoms with van der Waals surface area (Å²) in [5, 5.41) is 0.537. The van der Waals surface area contributed by atoms with Crippen LogP contribution in [0.25, 0.3) is 0 Å². The largest absolute Gasteiger partial charge is 0.377 e. The van der Waals surface area contributed by atoms with E-state index in [1.165, 1.54) is 0 Å². The minimum Gasteiger partial charge on any atom is -0.377 e. The van der Waals surface area contributed by atoms with E-state index in [-0.39, 0.29) is 16.8 Å². The summed E-state index contributed by atoms with van der Waals surface area (Å²) in [6.45, 7) is 2.45. The minimum atomic E-state index is -2.97. The lowest BCUT2D eigenvalue weighted by atomic mass is 10.2. The molecule has 2 fully saturated rings. The van der Waals surface area contributed by atoms with E-state index in [0.29, 0.717) is 18.8 Å². The van der Waals surface area contributed by atoms with Gasteiger partial charge in [-0.25, -0.2) is 8.42 Å². The van der Waals surface area contributed by atoms with Crippen LogP contribution in [0.3, 0.4) is 0 Å². The molecule has 2 unspecified atom stereocenters. The highest BCUT2D eigenvalue weighted by Crippen LogP contribution is 2.49. The number of sulfone groups is 1. The van der Waals surface area contributed by atoms with Gasteiger partial charge in [0.05, 0.1) is 17.1 Å². The maximum Gasteiger partial charge on any atom is 0.156 e. The normalized spacial score (nSPS) is 34.3. The zero-order chi connectivity index (χ0) is 11.1. The highest BCUT2D eigenvalue weighted by Gasteiger charge is 2.48. The smallest absolute Gasteiger partial charge is 0.156 e. The van der Waals surface area contributed by atoms with Gasteiger partial charge in [0.15, 0.2) is 9.84 Å². The van der Waals surface area contributed by atoms with E-state index in [9.17, 15) is 8.42 Å². The van der Waals surface area contributed by atoms with E-state index in [1.807, 2.05) is 6.92 Å². The summed E-state index contributed by atoms with van der Waals surface area (Å²) in [6.07, 6.45) is 2.63. The van der Waals surface area contributed by atoms with Gasteiger partial charge in [-0.05, 0) is 31.6 Å². The first-order valence-corrected chi connectivity index (χ1v) is 8.22. The fourth-order valence-electron chi connectivity index (χ4n) is 2.21. The first kappa shape index (κ1) is 11.9. The molecule has 15 heavy (non-hydrogen) atoms. The van der Waals surface area contributed by atoms with Crippen LogP contribution in [0.15, 0.2) is 0 Å². The molecule has 0 N–H and O–H groups in total. The Hall–Kier alpha value is 0.390. The van der Waals surface area contributed by atoms with Crippen LogP contribution >= 0.6 is 15.9 Å². The quantitative estimate of drug-likeness (QED) is 0.743. The first-order chi connectivity index (χ1) is 6.99. The molecule has 1 saturated carbocycles. The Balaban J connectivity index is 2.06. The Bertz CT molecular complexity index is 335. The fraction of sp³-hybridized carbons (Fsp3) is 1.00. The van der Waals surface area contributed by atoms with Crippen molar-refractivity contribution >= 4 is 25.8 Å². The van der Waals surface area contributed by atoms with Crippen molar-refractivity contribution in [1.29, 1.82) is 0 Å². The second kappa shape index (κ2) is 4.00. The summed E-state index contributed by atoms with van der Waals surface area (Å²) >= 11 is 3.41. The SMILES string of the molecule is CC1OCCC1S(=O)(=O)CC1(CBr)CC1. The van der Waals surface area contributed by atoms with E-state index in [4.69, 9.17) is 4.74 Å². The number of ether oxygens (including phenoxy) is 1. The van der Waals surface area contributed by atoms with Gasteiger partial charge in [-0.1, -0.05) is 15.9 Å². The summed E-state index contributed by atoms with van der Waals surface area (Å²) in [4.78, 5) is 0. The fourth-order valence-corrected chi connectivity index (χ4v) is 5.81. The van der Waals surface area contributed by atoms with Crippen LogP contribution in [0.4, 0.5) is 0 Å². The van der Waals surface area contributed by atoms with E-state index < -0.39 is 9.84 Å². The van der Waals surface area contributed by atoms with Crippen LogP contribution in [0, 0.1) is 5.41 Å². The minimum absolute atomic E-state index is 0.0428. The van der Waals surface area contributed by atoms with Crippen molar-refractivity contribution in [2.45, 2.75) is 37.5 Å². The van der Waals surface area contributed by atoms with Gasteiger partial charge in [0.25, 0.3) is 0 Å². The Morgan fingerprint density at radius 1 is 1.47 bits per heavy atom. The van der Waals surface area contributed by atoms with Crippen LogP contribution in [0.5, 0.6) is 0 Å². The number of hydrogen-bond donors (Lipinski definition) is 0. The van der Waals surface area contributed by atoms with Crippen LogP contribution in [-0.2, 0) is 14.6 Å². The van der Waals surface area contributed by atoms with Crippen molar-refractivity contribution in [3.05, 3.63) is 0 Å². The van der Waals surface area contributed by atoms with Crippen molar-refractivity contribution in [3.8, 4) is 0 Å². The Kier molecular flexibility index (Phi) is 3.17. The molecule has 0 aromatic rings. The molecule has 0 spiro atoms. The van der Waals surface area contributed by atoms with Crippen molar-refractivity contribution in [1.82, 2.24) is 0 Å². The second-order valence-corrected chi connectivity index (χ2v) is 7.62. The lowest BCUT2D eigenvalue weighted by molar-refractivity contribution is 0.126. The number of alkyl halides is 1. The van der Waals surface area contributed by atoms with Crippen molar-refractivity contribution < 1.29 is 13.2 Å². The monoisotopic (exact) mass is 296 g/mol. The van der Waals surface area contributed by atoms with Gasteiger partial charge in [0.2, 0.25) is 0 Å². The standard InChI is InChI=1S/C10H17BrO3S/c1-8-9(2-5-14-8)15(12,13)7-10(6-11)3-4-10/h8-9H,2-7H2,1H3. The Labute approximate surface area is 99.6 Å². The topological polar surface area (TPSA) is 43.4 Å². The van der Waals surface area contributed by atoms with Crippen LogP contribution < -0.4 is 0 Å². The molecule has 2 rings (SSSR count). The van der Waals surface area contributed by atoms with Crippen LogP contribution in [0.2, 0.25) is 0 Å². The maximum atomic E-state index is 12.2. The molecule has 0 aromatic heterocycles. The molecular formula is C10H17BrO3S. The molecule has 0 radical (unpaired) electrons. The summed E-state index contributed by atoms with van der Waals surface area (Å²) in [7, 11) is -2.97. The molecule has 2 atom stereocenters. The van der Waals surface area contributed by atoms with Crippen molar-refractivity contribution in [2.24, 2.45) is 5.41 Å². The predicted molar refractivity (Wildman–Crippen MR) is 63.1 cm³/mol. The molecule has 3 nitrogen and oxygen atoms in total. The summed E-state index contributed by atoms with van der Waals surface area (Å²) in [5.41, 5.74) is 0.0428. The molecule has 1 saturated heterocycles. The van der Waals surface area contributed by atoms with Gasteiger partial charge >= 0.3 is 0 Å². The number of halogens is 1. The lowest BCUT2D eigenvalue weighted by Gasteiger charge is -2.18. The zero-order valence-electron chi connectivity index (χ0n) is 8.91. The third-order valence-corrected chi connectivity index (χ3v) is 7.26. The molecule has 0 aromatic carbocycles. The predicted octanol–water partition coefficient (Wildman–Crippen LogP) is 1.75. The highest BCUT2D eigenvalue weighted by molar-refractivity contribution is 9.09. The number of rotatable bonds is 4. The van der Waals surface area contributed by atoms with Gasteiger partial charge in [0.1, 0.15) is 0 Å². The van der Waals surface area contributed by atoms with E-state index >= 15 is 0 Å². The zero-order valence-corrected chi connectivity index (χ0v) is 11.3. The van der Waals surface area contributed by atoms with Crippen molar-refractivity contribution in [3.63, 3.8) is 0 Å². The molecule has 88 valence electrons. The average Bonchev–Trinajstić information content (AvgIpc) is 2.78. The van der Waals surface area contributed by atoms with Gasteiger partial charge in [0, 0.05) is 11.9 Å². The molecular weight excluding hydrogens is 280 g/mol. The molecule has 0 amide bonds. The molecule has 5 heteroatoms. The first-order valence-electron chi connectivity index (χ1n) is 5.38. The van der Waals surface area contributed by atoms with Crippen LogP contribution in [0.1, 0.15) is 26.2 Å². The summed E-state index contributed by atoms with van der Waals surface area (Å²) in [6, 6.07) is 0. The Morgan fingerprint density at radius 3 is 2.53 bits per heavy atom. The van der Waals surface area contributed by atoms with Crippen LogP contribution in [-0.4, -0.2) is 37.5 Å². The third kappa shape index (κ3) is 2.39. The van der Waals surface area contributed by atoms with Crippen molar-refractivity contribution in [2.75, 3.05) is 17.7 Å². The van der Waals surface area contributed by atoms with Gasteiger partial charge in [-0.3, -0.25) is 0 Å². The molecule has 1 aliphatic heterocycles. The van der Waals surface area contributed by atoms with E-state index in [2.05, 4.69) is 15.9 Å². The highest BCUT2D eigenvalue weighted by atomic mass is 79.9. The molecule has 0 bridgehead atoms. The lowest BCUT2D eigenvalue weighted by Crippen LogP contribution is -2.33. The van der Waals surface area contributed by atoms with Gasteiger partial charge in [-0.2, -0.15) is 0 Å². The van der Waals surface area contributed by atoms with Gasteiger partial charge < -0.3 is 4.74 Å². The van der Waals surface area contributed by atoms with E-state index in [0.717, 1.165) is 18.2 Å². The summed E-state index contributed by atoms with van der Waals surface area (Å²) in [5.74, 6) is 0.337. The molecule has 1 aliphatic carbocycles. The molecule has 2 aliphatic rings.